The summed E-state index contributed by atoms with van der Waals surface area (Å²) in [6.45, 7) is 1.55. The van der Waals surface area contributed by atoms with Gasteiger partial charge < -0.3 is 10.2 Å². The normalized spacial score (nSPS) is 25.0. The van der Waals surface area contributed by atoms with Gasteiger partial charge in [0.25, 0.3) is 0 Å². The minimum Gasteiger partial charge on any atom is -0.477 e. The van der Waals surface area contributed by atoms with Crippen LogP contribution in [0.1, 0.15) is 6.92 Å². The lowest BCUT2D eigenvalue weighted by atomic mass is 9.92. The van der Waals surface area contributed by atoms with Crippen LogP contribution in [0.2, 0.25) is 0 Å². The van der Waals surface area contributed by atoms with E-state index in [0.29, 0.717) is 15.7 Å². The Morgan fingerprint density at radius 1 is 1.55 bits per heavy atom. The average Bonchev–Trinajstić information content (AvgIpc) is 2.80. The summed E-state index contributed by atoms with van der Waals surface area (Å²) in [5, 5.41) is 19.4. The molecule has 0 bridgehead atoms. The van der Waals surface area contributed by atoms with Crippen LogP contribution in [0.25, 0.3) is 0 Å². The molecule has 2 aliphatic heterocycles. The molecule has 0 aromatic carbocycles. The Balaban J connectivity index is 1.78. The van der Waals surface area contributed by atoms with E-state index < -0.39 is 18.0 Å². The lowest BCUT2D eigenvalue weighted by Gasteiger charge is -2.43. The SMILES string of the molecule is CC(O)[C@H]1C(=O)N2C(C(=O)O)=C(CSc3cnccn3)S[C@H]12. The highest BCUT2D eigenvalue weighted by Crippen LogP contribution is 2.51. The molecule has 7 nitrogen and oxygen atoms in total. The monoisotopic (exact) mass is 339 g/mol. The number of hydrogen-bond acceptors (Lipinski definition) is 7. The van der Waals surface area contributed by atoms with Crippen LogP contribution in [-0.2, 0) is 9.59 Å². The average molecular weight is 339 g/mol. The molecule has 3 heterocycles. The third-order valence-corrected chi connectivity index (χ3v) is 5.96. The Morgan fingerprint density at radius 3 is 2.91 bits per heavy atom. The highest BCUT2D eigenvalue weighted by molar-refractivity contribution is 8.06. The first-order chi connectivity index (χ1) is 10.5. The molecular formula is C13H13N3O4S2. The molecule has 1 saturated heterocycles. The van der Waals surface area contributed by atoms with E-state index in [1.165, 1.54) is 28.4 Å². The summed E-state index contributed by atoms with van der Waals surface area (Å²) in [4.78, 5) is 33.5. The van der Waals surface area contributed by atoms with Crippen LogP contribution in [0.3, 0.4) is 0 Å². The summed E-state index contributed by atoms with van der Waals surface area (Å²) < 4.78 is 0. The Labute approximate surface area is 134 Å². The number of carbonyl (C=O) groups excluding carboxylic acids is 1. The standard InChI is InChI=1S/C13H13N3O4S2/c1-6(17)9-11(18)16-10(13(19)20)7(22-12(9)16)5-21-8-4-14-2-3-15-8/h2-4,6,9,12,17H,5H2,1H3,(H,19,20)/t6?,9-,12+/m0/s1. The molecule has 1 fully saturated rings. The minimum atomic E-state index is -1.12. The van der Waals surface area contributed by atoms with Gasteiger partial charge >= 0.3 is 5.97 Å². The molecule has 1 unspecified atom stereocenters. The number of β-lactam (4-membered cyclic amide) rings is 1. The largest absolute Gasteiger partial charge is 0.477 e. The lowest BCUT2D eigenvalue weighted by molar-refractivity contribution is -0.156. The number of rotatable bonds is 5. The van der Waals surface area contributed by atoms with Gasteiger partial charge in [0.1, 0.15) is 16.1 Å². The molecule has 3 atom stereocenters. The fraction of sp³-hybridized carbons (Fsp3) is 0.385. The molecule has 2 N–H and O–H groups in total. The maximum Gasteiger partial charge on any atom is 0.353 e. The van der Waals surface area contributed by atoms with Gasteiger partial charge in [-0.3, -0.25) is 14.7 Å². The fourth-order valence-corrected chi connectivity index (χ4v) is 4.98. The summed E-state index contributed by atoms with van der Waals surface area (Å²) in [6, 6.07) is 0. The number of fused-ring (bicyclic) bond motifs is 1. The van der Waals surface area contributed by atoms with Crippen molar-refractivity contribution < 1.29 is 19.8 Å². The van der Waals surface area contributed by atoms with E-state index in [4.69, 9.17) is 0 Å². The van der Waals surface area contributed by atoms with Crippen molar-refractivity contribution >= 4 is 35.4 Å². The Hall–Kier alpha value is -1.58. The van der Waals surface area contributed by atoms with Crippen LogP contribution in [0.5, 0.6) is 0 Å². The second kappa shape index (κ2) is 5.90. The van der Waals surface area contributed by atoms with Crippen molar-refractivity contribution in [1.82, 2.24) is 14.9 Å². The van der Waals surface area contributed by atoms with E-state index in [9.17, 15) is 19.8 Å². The predicted octanol–water partition coefficient (Wildman–Crippen LogP) is 0.777. The van der Waals surface area contributed by atoms with E-state index in [0.717, 1.165) is 0 Å². The number of aliphatic hydroxyl groups excluding tert-OH is 1. The minimum absolute atomic E-state index is 0.0216. The first-order valence-electron chi connectivity index (χ1n) is 6.53. The van der Waals surface area contributed by atoms with Crippen molar-refractivity contribution in [2.75, 3.05) is 5.75 Å². The number of carbonyl (C=O) groups is 2. The van der Waals surface area contributed by atoms with E-state index in [-0.39, 0.29) is 17.0 Å². The molecule has 22 heavy (non-hydrogen) atoms. The fourth-order valence-electron chi connectivity index (χ4n) is 2.45. The van der Waals surface area contributed by atoms with Crippen LogP contribution in [0.4, 0.5) is 0 Å². The molecule has 2 aliphatic rings. The van der Waals surface area contributed by atoms with Gasteiger partial charge in [0.05, 0.1) is 18.2 Å². The topological polar surface area (TPSA) is 104 Å². The maximum atomic E-state index is 12.0. The second-order valence-electron chi connectivity index (χ2n) is 4.89. The molecule has 1 aromatic heterocycles. The smallest absolute Gasteiger partial charge is 0.353 e. The van der Waals surface area contributed by atoms with Gasteiger partial charge in [0.2, 0.25) is 5.91 Å². The molecule has 0 saturated carbocycles. The number of carboxylic acid groups (broad SMARTS) is 1. The zero-order chi connectivity index (χ0) is 15.9. The Kier molecular flexibility index (Phi) is 4.11. The van der Waals surface area contributed by atoms with Crippen LogP contribution >= 0.6 is 23.5 Å². The van der Waals surface area contributed by atoms with Gasteiger partial charge in [-0.25, -0.2) is 9.78 Å². The van der Waals surface area contributed by atoms with E-state index in [1.807, 2.05) is 0 Å². The summed E-state index contributed by atoms with van der Waals surface area (Å²) in [5.74, 6) is -1.59. The first-order valence-corrected chi connectivity index (χ1v) is 8.40. The first kappa shape index (κ1) is 15.3. The highest BCUT2D eigenvalue weighted by Gasteiger charge is 2.57. The molecule has 1 amide bonds. The van der Waals surface area contributed by atoms with Crippen LogP contribution in [0.15, 0.2) is 34.2 Å². The van der Waals surface area contributed by atoms with Crippen molar-refractivity contribution in [3.63, 3.8) is 0 Å². The molecular weight excluding hydrogens is 326 g/mol. The van der Waals surface area contributed by atoms with Gasteiger partial charge in [0.15, 0.2) is 0 Å². The number of aliphatic hydroxyl groups is 1. The number of aromatic nitrogens is 2. The van der Waals surface area contributed by atoms with Crippen molar-refractivity contribution in [1.29, 1.82) is 0 Å². The van der Waals surface area contributed by atoms with Crippen LogP contribution in [-0.4, -0.2) is 54.2 Å². The van der Waals surface area contributed by atoms with E-state index >= 15 is 0 Å². The Bertz CT molecular complexity index is 650. The number of thioether (sulfide) groups is 2. The number of aliphatic carboxylic acids is 1. The summed E-state index contributed by atoms with van der Waals surface area (Å²) in [5.41, 5.74) is 0.0216. The van der Waals surface area contributed by atoms with Gasteiger partial charge in [-0.2, -0.15) is 0 Å². The molecule has 0 spiro atoms. The zero-order valence-electron chi connectivity index (χ0n) is 11.5. The summed E-state index contributed by atoms with van der Waals surface area (Å²) in [7, 11) is 0. The van der Waals surface area contributed by atoms with Crippen LogP contribution < -0.4 is 0 Å². The molecule has 116 valence electrons. The van der Waals surface area contributed by atoms with Gasteiger partial charge in [-0.1, -0.05) is 11.8 Å². The molecule has 1 aromatic rings. The number of carboxylic acids is 1. The predicted molar refractivity (Wildman–Crippen MR) is 80.8 cm³/mol. The summed E-state index contributed by atoms with van der Waals surface area (Å²) >= 11 is 2.70. The Morgan fingerprint density at radius 2 is 2.32 bits per heavy atom. The van der Waals surface area contributed by atoms with Crippen molar-refractivity contribution in [3.05, 3.63) is 29.2 Å². The van der Waals surface area contributed by atoms with Crippen molar-refractivity contribution in [3.8, 4) is 0 Å². The van der Waals surface area contributed by atoms with E-state index in [1.54, 1.807) is 25.5 Å². The van der Waals surface area contributed by atoms with Crippen molar-refractivity contribution in [2.45, 2.75) is 23.4 Å². The lowest BCUT2D eigenvalue weighted by Crippen LogP contribution is -2.60. The summed E-state index contributed by atoms with van der Waals surface area (Å²) in [6.07, 6.45) is 3.94. The van der Waals surface area contributed by atoms with Gasteiger partial charge in [-0.15, -0.1) is 11.8 Å². The maximum absolute atomic E-state index is 12.0. The van der Waals surface area contributed by atoms with Crippen LogP contribution in [0, 0.1) is 5.92 Å². The van der Waals surface area contributed by atoms with Gasteiger partial charge in [-0.05, 0) is 6.92 Å². The molecule has 3 rings (SSSR count). The third-order valence-electron chi connectivity index (χ3n) is 3.47. The second-order valence-corrected chi connectivity index (χ2v) is 7.10. The number of nitrogens with zero attached hydrogens (tertiary/aromatic N) is 3. The highest BCUT2D eigenvalue weighted by atomic mass is 32.2. The van der Waals surface area contributed by atoms with Crippen molar-refractivity contribution in [2.24, 2.45) is 5.92 Å². The number of hydrogen-bond donors (Lipinski definition) is 2. The quantitative estimate of drug-likeness (QED) is 0.599. The molecule has 9 heteroatoms. The molecule has 0 radical (unpaired) electrons. The van der Waals surface area contributed by atoms with Gasteiger partial charge in [0, 0.05) is 23.1 Å². The van der Waals surface area contributed by atoms with E-state index in [2.05, 4.69) is 9.97 Å². The zero-order valence-corrected chi connectivity index (χ0v) is 13.2. The molecule has 0 aliphatic carbocycles. The number of amides is 1. The third kappa shape index (κ3) is 2.49.